The SMILES string of the molecule is COC1CN(c2ccc3c(n2)CCC(NC(=O)c2sc4nc(C)ccc4c2N)C3)C2(CC2)C1N. The second-order valence-corrected chi connectivity index (χ2v) is 10.9. The Hall–Kier alpha value is -2.75. The lowest BCUT2D eigenvalue weighted by Crippen LogP contribution is -2.45. The third kappa shape index (κ3) is 3.37. The molecule has 1 amide bonds. The summed E-state index contributed by atoms with van der Waals surface area (Å²) in [6.45, 7) is 2.72. The Balaban J connectivity index is 1.17. The molecular formula is C25H30N6O2S. The number of aryl methyl sites for hydroxylation is 2. The van der Waals surface area contributed by atoms with Gasteiger partial charge < -0.3 is 26.4 Å². The van der Waals surface area contributed by atoms with E-state index >= 15 is 0 Å². The number of nitrogens with zero attached hydrogens (tertiary/aromatic N) is 3. The van der Waals surface area contributed by atoms with E-state index < -0.39 is 0 Å². The van der Waals surface area contributed by atoms with Crippen LogP contribution in [0.15, 0.2) is 24.3 Å². The van der Waals surface area contributed by atoms with Gasteiger partial charge >= 0.3 is 0 Å². The normalized spacial score (nSPS) is 25.0. The lowest BCUT2D eigenvalue weighted by Gasteiger charge is -2.30. The zero-order chi connectivity index (χ0) is 23.6. The Bertz CT molecular complexity index is 1290. The van der Waals surface area contributed by atoms with Gasteiger partial charge in [-0.05, 0) is 62.8 Å². The van der Waals surface area contributed by atoms with E-state index in [0.717, 1.165) is 66.1 Å². The number of hydrogen-bond donors (Lipinski definition) is 3. The van der Waals surface area contributed by atoms with Gasteiger partial charge in [0.15, 0.2) is 0 Å². The molecule has 1 spiro atoms. The molecule has 3 unspecified atom stereocenters. The van der Waals surface area contributed by atoms with Crippen molar-refractivity contribution in [3.8, 4) is 0 Å². The molecule has 3 aliphatic rings. The molecular weight excluding hydrogens is 448 g/mol. The van der Waals surface area contributed by atoms with Crippen LogP contribution in [0.2, 0.25) is 0 Å². The lowest BCUT2D eigenvalue weighted by molar-refractivity contribution is 0.0938. The molecule has 1 aliphatic heterocycles. The summed E-state index contributed by atoms with van der Waals surface area (Å²) >= 11 is 1.36. The number of aromatic nitrogens is 2. The molecule has 0 aromatic carbocycles. The maximum atomic E-state index is 13.0. The summed E-state index contributed by atoms with van der Waals surface area (Å²) in [5.41, 5.74) is 16.5. The first-order chi connectivity index (χ1) is 16.4. The van der Waals surface area contributed by atoms with Gasteiger partial charge in [-0.25, -0.2) is 9.97 Å². The molecule has 3 aromatic rings. The van der Waals surface area contributed by atoms with E-state index in [1.54, 1.807) is 7.11 Å². The van der Waals surface area contributed by atoms with E-state index in [4.69, 9.17) is 21.2 Å². The largest absolute Gasteiger partial charge is 0.397 e. The molecule has 0 radical (unpaired) electrons. The third-order valence-electron chi connectivity index (χ3n) is 7.79. The zero-order valence-corrected chi connectivity index (χ0v) is 20.3. The molecule has 4 heterocycles. The number of ether oxygens (including phenoxy) is 1. The molecule has 3 atom stereocenters. The number of carbonyl (C=O) groups excluding carboxylic acids is 1. The van der Waals surface area contributed by atoms with Crippen LogP contribution in [0.25, 0.3) is 10.2 Å². The van der Waals surface area contributed by atoms with Gasteiger partial charge in [0.1, 0.15) is 15.5 Å². The van der Waals surface area contributed by atoms with Gasteiger partial charge in [-0.1, -0.05) is 6.07 Å². The van der Waals surface area contributed by atoms with Crippen LogP contribution in [-0.2, 0) is 17.6 Å². The summed E-state index contributed by atoms with van der Waals surface area (Å²) in [5.74, 6) is 0.873. The highest BCUT2D eigenvalue weighted by Gasteiger charge is 2.60. The second-order valence-electron chi connectivity index (χ2n) is 9.85. The Morgan fingerprint density at radius 3 is 2.85 bits per heavy atom. The minimum Gasteiger partial charge on any atom is -0.397 e. The lowest BCUT2D eigenvalue weighted by atomic mass is 9.91. The van der Waals surface area contributed by atoms with E-state index in [2.05, 4.69) is 27.3 Å². The fourth-order valence-electron chi connectivity index (χ4n) is 5.66. The standard InChI is InChI=1S/C25H30N6O2S/c1-13-3-6-16-20(26)21(34-24(16)28-13)23(32)29-15-5-7-17-14(11-15)4-8-19(30-17)31-12-18(33-2)22(27)25(31)9-10-25/h3-4,6,8,15,18,22H,5,7,9-12,26-27H2,1-2H3,(H,29,32). The summed E-state index contributed by atoms with van der Waals surface area (Å²) in [5, 5.41) is 4.04. The van der Waals surface area contributed by atoms with Crippen molar-refractivity contribution in [3.63, 3.8) is 0 Å². The van der Waals surface area contributed by atoms with Crippen LogP contribution in [0, 0.1) is 6.92 Å². The number of nitrogen functional groups attached to an aromatic ring is 1. The van der Waals surface area contributed by atoms with E-state index in [1.807, 2.05) is 19.1 Å². The van der Waals surface area contributed by atoms with Crippen LogP contribution in [0.3, 0.4) is 0 Å². The van der Waals surface area contributed by atoms with Crippen molar-refractivity contribution in [2.24, 2.45) is 5.73 Å². The van der Waals surface area contributed by atoms with Crippen molar-refractivity contribution >= 4 is 39.0 Å². The average molecular weight is 479 g/mol. The highest BCUT2D eigenvalue weighted by atomic mass is 32.1. The van der Waals surface area contributed by atoms with Crippen molar-refractivity contribution < 1.29 is 9.53 Å². The van der Waals surface area contributed by atoms with Crippen molar-refractivity contribution in [1.29, 1.82) is 0 Å². The highest BCUT2D eigenvalue weighted by Crippen LogP contribution is 2.51. The molecule has 3 aromatic heterocycles. The predicted molar refractivity (Wildman–Crippen MR) is 134 cm³/mol. The average Bonchev–Trinajstić information content (AvgIpc) is 3.50. The molecule has 8 nitrogen and oxygen atoms in total. The Morgan fingerprint density at radius 2 is 2.09 bits per heavy atom. The van der Waals surface area contributed by atoms with Gasteiger partial charge in [0.25, 0.3) is 5.91 Å². The van der Waals surface area contributed by atoms with Crippen LogP contribution in [-0.4, -0.2) is 53.3 Å². The van der Waals surface area contributed by atoms with Crippen molar-refractivity contribution in [2.75, 3.05) is 24.3 Å². The first-order valence-electron chi connectivity index (χ1n) is 11.9. The molecule has 1 saturated heterocycles. The number of pyridine rings is 2. The minimum absolute atomic E-state index is 0.00463. The Morgan fingerprint density at radius 1 is 1.26 bits per heavy atom. The first kappa shape index (κ1) is 21.8. The summed E-state index contributed by atoms with van der Waals surface area (Å²) < 4.78 is 5.64. The Kier molecular flexibility index (Phi) is 5.05. The molecule has 34 heavy (non-hydrogen) atoms. The monoisotopic (exact) mass is 478 g/mol. The maximum absolute atomic E-state index is 13.0. The van der Waals surface area contributed by atoms with Crippen LogP contribution in [0.5, 0.6) is 0 Å². The molecule has 2 fully saturated rings. The number of anilines is 2. The second kappa shape index (κ2) is 7.90. The summed E-state index contributed by atoms with van der Waals surface area (Å²) in [6, 6.07) is 8.20. The van der Waals surface area contributed by atoms with E-state index in [0.29, 0.717) is 10.6 Å². The summed E-state index contributed by atoms with van der Waals surface area (Å²) in [7, 11) is 1.74. The van der Waals surface area contributed by atoms with Gasteiger partial charge in [-0.15, -0.1) is 11.3 Å². The van der Waals surface area contributed by atoms with Crippen LogP contribution in [0.4, 0.5) is 11.5 Å². The smallest absolute Gasteiger partial charge is 0.263 e. The van der Waals surface area contributed by atoms with Gasteiger partial charge in [0.05, 0.1) is 23.4 Å². The van der Waals surface area contributed by atoms with E-state index in [1.165, 1.54) is 16.9 Å². The summed E-state index contributed by atoms with van der Waals surface area (Å²) in [4.78, 5) is 26.3. The minimum atomic E-state index is -0.122. The number of thiophene rings is 1. The first-order valence-corrected chi connectivity index (χ1v) is 12.7. The topological polar surface area (TPSA) is 119 Å². The number of nitrogens with one attached hydrogen (secondary N) is 1. The molecule has 2 aliphatic carbocycles. The number of methoxy groups -OCH3 is 1. The predicted octanol–water partition coefficient (Wildman–Crippen LogP) is 2.56. The van der Waals surface area contributed by atoms with E-state index in [-0.39, 0.29) is 29.6 Å². The number of rotatable bonds is 4. The number of nitrogens with two attached hydrogens (primary N) is 2. The van der Waals surface area contributed by atoms with Crippen molar-refractivity contribution in [3.05, 3.63) is 46.1 Å². The fraction of sp³-hybridized carbons (Fsp3) is 0.480. The third-order valence-corrected chi connectivity index (χ3v) is 8.90. The van der Waals surface area contributed by atoms with Gasteiger partial charge in [0, 0.05) is 36.5 Å². The van der Waals surface area contributed by atoms with E-state index in [9.17, 15) is 4.79 Å². The van der Waals surface area contributed by atoms with Crippen LogP contribution >= 0.6 is 11.3 Å². The molecule has 178 valence electrons. The maximum Gasteiger partial charge on any atom is 0.263 e. The number of carbonyl (C=O) groups is 1. The van der Waals surface area contributed by atoms with Gasteiger partial charge in [-0.3, -0.25) is 4.79 Å². The molecule has 1 saturated carbocycles. The molecule has 5 N–H and O–H groups in total. The van der Waals surface area contributed by atoms with Crippen molar-refractivity contribution in [2.45, 2.75) is 62.8 Å². The molecule has 0 bridgehead atoms. The Labute approximate surface area is 202 Å². The quantitative estimate of drug-likeness (QED) is 0.527. The number of fused-ring (bicyclic) bond motifs is 2. The molecule has 6 rings (SSSR count). The van der Waals surface area contributed by atoms with Crippen LogP contribution in [0.1, 0.15) is 45.9 Å². The number of hydrogen-bond acceptors (Lipinski definition) is 8. The molecule has 9 heteroatoms. The van der Waals surface area contributed by atoms with Gasteiger partial charge in [0.2, 0.25) is 0 Å². The van der Waals surface area contributed by atoms with Crippen LogP contribution < -0.4 is 21.7 Å². The van der Waals surface area contributed by atoms with Crippen molar-refractivity contribution in [1.82, 2.24) is 15.3 Å². The highest BCUT2D eigenvalue weighted by molar-refractivity contribution is 7.21. The summed E-state index contributed by atoms with van der Waals surface area (Å²) in [6.07, 6.45) is 4.68. The zero-order valence-electron chi connectivity index (χ0n) is 19.5. The van der Waals surface area contributed by atoms with Gasteiger partial charge in [-0.2, -0.15) is 0 Å². The number of amides is 1. The fourth-order valence-corrected chi connectivity index (χ4v) is 6.70.